The Kier molecular flexibility index (Phi) is 3.85. The first-order valence-corrected chi connectivity index (χ1v) is 7.50. The van der Waals surface area contributed by atoms with Gasteiger partial charge in [-0.25, -0.2) is 4.79 Å². The number of piperidine rings is 1. The van der Waals surface area contributed by atoms with Gasteiger partial charge in [-0.2, -0.15) is 0 Å². The van der Waals surface area contributed by atoms with E-state index in [1.54, 1.807) is 4.90 Å². The van der Waals surface area contributed by atoms with Crippen molar-refractivity contribution < 1.29 is 14.1 Å². The Bertz CT molecular complexity index is 842. The Balaban J connectivity index is 2.05. The van der Waals surface area contributed by atoms with Gasteiger partial charge in [0.05, 0.1) is 4.92 Å². The molecule has 120 valence electrons. The topological polar surface area (TPSA) is 93.7 Å². The fourth-order valence-electron chi connectivity index (χ4n) is 2.93. The number of amides is 1. The smallest absolute Gasteiger partial charge is 0.349 e. The van der Waals surface area contributed by atoms with Crippen molar-refractivity contribution in [2.75, 3.05) is 6.54 Å². The molecule has 0 spiro atoms. The lowest BCUT2D eigenvalue weighted by atomic mass is 10.0. The molecule has 1 saturated heterocycles. The number of rotatable bonds is 2. The van der Waals surface area contributed by atoms with Crippen LogP contribution in [0, 0.1) is 10.1 Å². The van der Waals surface area contributed by atoms with Gasteiger partial charge < -0.3 is 9.32 Å². The van der Waals surface area contributed by atoms with Crippen molar-refractivity contribution in [3.63, 3.8) is 0 Å². The van der Waals surface area contributed by atoms with Gasteiger partial charge >= 0.3 is 5.63 Å². The van der Waals surface area contributed by atoms with Crippen LogP contribution >= 0.6 is 0 Å². The van der Waals surface area contributed by atoms with Gasteiger partial charge in [-0.05, 0) is 38.3 Å². The second-order valence-corrected chi connectivity index (χ2v) is 5.77. The van der Waals surface area contributed by atoms with Crippen molar-refractivity contribution in [1.29, 1.82) is 0 Å². The lowest BCUT2D eigenvalue weighted by Crippen LogP contribution is -2.43. The Labute approximate surface area is 131 Å². The van der Waals surface area contributed by atoms with Gasteiger partial charge in [-0.15, -0.1) is 0 Å². The van der Waals surface area contributed by atoms with Crippen LogP contribution in [0.3, 0.4) is 0 Å². The van der Waals surface area contributed by atoms with Crippen molar-refractivity contribution >= 4 is 22.6 Å². The van der Waals surface area contributed by atoms with Gasteiger partial charge in [0.1, 0.15) is 11.1 Å². The predicted molar refractivity (Wildman–Crippen MR) is 83.5 cm³/mol. The van der Waals surface area contributed by atoms with Crippen LogP contribution in [0.1, 0.15) is 36.5 Å². The fraction of sp³-hybridized carbons (Fsp3) is 0.375. The first-order chi connectivity index (χ1) is 11.0. The molecule has 7 heteroatoms. The second-order valence-electron chi connectivity index (χ2n) is 5.77. The van der Waals surface area contributed by atoms with Crippen LogP contribution in [0.15, 0.2) is 33.5 Å². The van der Waals surface area contributed by atoms with E-state index in [4.69, 9.17) is 4.42 Å². The van der Waals surface area contributed by atoms with E-state index in [0.717, 1.165) is 19.3 Å². The summed E-state index contributed by atoms with van der Waals surface area (Å²) in [5.41, 5.74) is -0.680. The monoisotopic (exact) mass is 316 g/mol. The van der Waals surface area contributed by atoms with Crippen molar-refractivity contribution in [2.24, 2.45) is 0 Å². The van der Waals surface area contributed by atoms with Crippen LogP contribution in [0.25, 0.3) is 11.0 Å². The van der Waals surface area contributed by atoms with Crippen LogP contribution in [0.4, 0.5) is 5.69 Å². The number of benzene rings is 1. The third-order valence-corrected chi connectivity index (χ3v) is 4.22. The first-order valence-electron chi connectivity index (χ1n) is 7.50. The van der Waals surface area contributed by atoms with E-state index in [0.29, 0.717) is 11.9 Å². The zero-order valence-electron chi connectivity index (χ0n) is 12.7. The maximum atomic E-state index is 12.6. The summed E-state index contributed by atoms with van der Waals surface area (Å²) in [4.78, 5) is 36.7. The molecule has 2 heterocycles. The average Bonchev–Trinajstić information content (AvgIpc) is 2.53. The predicted octanol–water partition coefficient (Wildman–Crippen LogP) is 2.72. The molecule has 0 radical (unpaired) electrons. The summed E-state index contributed by atoms with van der Waals surface area (Å²) in [7, 11) is 0. The molecule has 0 unspecified atom stereocenters. The van der Waals surface area contributed by atoms with E-state index in [2.05, 4.69) is 0 Å². The molecule has 1 aliphatic rings. The molecule has 1 fully saturated rings. The van der Waals surface area contributed by atoms with Crippen molar-refractivity contribution in [1.82, 2.24) is 4.90 Å². The molecule has 1 aromatic carbocycles. The summed E-state index contributed by atoms with van der Waals surface area (Å²) in [6.07, 6.45) is 2.86. The molecular formula is C16H16N2O5. The highest BCUT2D eigenvalue weighted by Gasteiger charge is 2.27. The number of hydrogen-bond acceptors (Lipinski definition) is 5. The number of hydrogen-bond donors (Lipinski definition) is 0. The van der Waals surface area contributed by atoms with Gasteiger partial charge in [0.25, 0.3) is 11.6 Å². The average molecular weight is 316 g/mol. The summed E-state index contributed by atoms with van der Waals surface area (Å²) in [5, 5.41) is 11.2. The summed E-state index contributed by atoms with van der Waals surface area (Å²) >= 11 is 0. The van der Waals surface area contributed by atoms with Gasteiger partial charge in [-0.3, -0.25) is 14.9 Å². The summed E-state index contributed by atoms with van der Waals surface area (Å²) in [5.74, 6) is -0.376. The summed E-state index contributed by atoms with van der Waals surface area (Å²) in [6, 6.07) is 5.38. The maximum Gasteiger partial charge on any atom is 0.349 e. The molecule has 7 nitrogen and oxygen atoms in total. The lowest BCUT2D eigenvalue weighted by molar-refractivity contribution is -0.384. The zero-order valence-corrected chi connectivity index (χ0v) is 12.7. The highest BCUT2D eigenvalue weighted by Crippen LogP contribution is 2.23. The fourth-order valence-corrected chi connectivity index (χ4v) is 2.93. The van der Waals surface area contributed by atoms with Crippen molar-refractivity contribution in [2.45, 2.75) is 32.2 Å². The van der Waals surface area contributed by atoms with E-state index >= 15 is 0 Å². The van der Waals surface area contributed by atoms with E-state index in [1.807, 2.05) is 6.92 Å². The molecule has 1 aliphatic heterocycles. The SMILES string of the molecule is C[C@H]1CCCCN1C(=O)c1cc2cc([N+](=O)[O-])ccc2oc1=O. The number of nitro benzene ring substituents is 1. The van der Waals surface area contributed by atoms with E-state index in [9.17, 15) is 19.7 Å². The lowest BCUT2D eigenvalue weighted by Gasteiger charge is -2.33. The first kappa shape index (κ1) is 15.2. The van der Waals surface area contributed by atoms with Gasteiger partial charge in [-0.1, -0.05) is 0 Å². The minimum absolute atomic E-state index is 0.0662. The quantitative estimate of drug-likeness (QED) is 0.482. The van der Waals surface area contributed by atoms with Gasteiger partial charge in [0.2, 0.25) is 0 Å². The Morgan fingerprint density at radius 3 is 2.83 bits per heavy atom. The molecule has 0 saturated carbocycles. The molecule has 23 heavy (non-hydrogen) atoms. The highest BCUT2D eigenvalue weighted by atomic mass is 16.6. The Hall–Kier alpha value is -2.70. The third-order valence-electron chi connectivity index (χ3n) is 4.22. The Morgan fingerprint density at radius 2 is 2.13 bits per heavy atom. The van der Waals surface area contributed by atoms with Gasteiger partial charge in [0, 0.05) is 30.1 Å². The number of non-ortho nitro benzene ring substituents is 1. The minimum Gasteiger partial charge on any atom is -0.422 e. The largest absolute Gasteiger partial charge is 0.422 e. The van der Waals surface area contributed by atoms with Crippen molar-refractivity contribution in [3.8, 4) is 0 Å². The summed E-state index contributed by atoms with van der Waals surface area (Å²) < 4.78 is 5.15. The standard InChI is InChI=1S/C16H16N2O5/c1-10-4-2-3-7-17(10)15(19)13-9-11-8-12(18(21)22)5-6-14(11)23-16(13)20/h5-6,8-10H,2-4,7H2,1H3/t10-/m0/s1. The zero-order chi connectivity index (χ0) is 16.6. The number of carbonyl (C=O) groups is 1. The molecule has 0 bridgehead atoms. The number of nitrogens with zero attached hydrogens (tertiary/aromatic N) is 2. The van der Waals surface area contributed by atoms with E-state index in [1.165, 1.54) is 24.3 Å². The highest BCUT2D eigenvalue weighted by molar-refractivity contribution is 5.97. The molecular weight excluding hydrogens is 300 g/mol. The van der Waals surface area contributed by atoms with E-state index < -0.39 is 10.5 Å². The van der Waals surface area contributed by atoms with Crippen LogP contribution in [0.5, 0.6) is 0 Å². The van der Waals surface area contributed by atoms with Crippen molar-refractivity contribution in [3.05, 3.63) is 50.4 Å². The maximum absolute atomic E-state index is 12.6. The molecule has 0 aliphatic carbocycles. The van der Waals surface area contributed by atoms with Crippen LogP contribution in [-0.4, -0.2) is 28.3 Å². The molecule has 0 N–H and O–H groups in total. The van der Waals surface area contributed by atoms with Crippen LogP contribution in [0.2, 0.25) is 0 Å². The van der Waals surface area contributed by atoms with Gasteiger partial charge in [0.15, 0.2) is 0 Å². The summed E-state index contributed by atoms with van der Waals surface area (Å²) in [6.45, 7) is 2.55. The number of nitro groups is 1. The molecule has 2 aromatic rings. The normalized spacial score (nSPS) is 18.1. The molecule has 1 aromatic heterocycles. The Morgan fingerprint density at radius 1 is 1.35 bits per heavy atom. The minimum atomic E-state index is -0.714. The number of likely N-dealkylation sites (tertiary alicyclic amines) is 1. The number of carbonyl (C=O) groups excluding carboxylic acids is 1. The molecule has 3 rings (SSSR count). The van der Waals surface area contributed by atoms with Crippen LogP contribution in [-0.2, 0) is 0 Å². The van der Waals surface area contributed by atoms with Crippen LogP contribution < -0.4 is 5.63 Å². The van der Waals surface area contributed by atoms with E-state index in [-0.39, 0.29) is 28.8 Å². The third kappa shape index (κ3) is 2.81. The molecule has 1 atom stereocenters. The molecule has 1 amide bonds. The number of fused-ring (bicyclic) bond motifs is 1. The second kappa shape index (κ2) is 5.83.